The number of nitrogens with one attached hydrogen (secondary N) is 1. The van der Waals surface area contributed by atoms with Gasteiger partial charge in [-0.15, -0.1) is 0 Å². The second kappa shape index (κ2) is 5.31. The van der Waals surface area contributed by atoms with Gasteiger partial charge in [-0.05, 0) is 24.3 Å². The monoisotopic (exact) mass is 248 g/mol. The van der Waals surface area contributed by atoms with Crippen molar-refractivity contribution < 1.29 is 9.18 Å². The number of anilines is 1. The SMILES string of the molecule is Nc1ccc(C(=O)NCCn2cccn2)cc1F. The molecule has 0 aliphatic heterocycles. The zero-order valence-electron chi connectivity index (χ0n) is 9.64. The first-order chi connectivity index (χ1) is 8.66. The van der Waals surface area contributed by atoms with E-state index in [1.165, 1.54) is 12.1 Å². The van der Waals surface area contributed by atoms with Crippen molar-refractivity contribution in [1.82, 2.24) is 15.1 Å². The number of hydrogen-bond donors (Lipinski definition) is 2. The fourth-order valence-corrected chi connectivity index (χ4v) is 1.49. The molecule has 6 heteroatoms. The molecule has 0 spiro atoms. The maximum absolute atomic E-state index is 13.2. The van der Waals surface area contributed by atoms with E-state index in [0.29, 0.717) is 13.1 Å². The first-order valence-corrected chi connectivity index (χ1v) is 5.47. The summed E-state index contributed by atoms with van der Waals surface area (Å²) in [5.41, 5.74) is 5.62. The van der Waals surface area contributed by atoms with Crippen LogP contribution in [0.15, 0.2) is 36.7 Å². The molecular formula is C12H13FN4O. The molecule has 1 amide bonds. The van der Waals surface area contributed by atoms with Crippen LogP contribution in [0, 0.1) is 5.82 Å². The lowest BCUT2D eigenvalue weighted by molar-refractivity contribution is 0.0951. The molecule has 2 rings (SSSR count). The maximum Gasteiger partial charge on any atom is 0.251 e. The molecule has 0 unspecified atom stereocenters. The van der Waals surface area contributed by atoms with Crippen molar-refractivity contribution in [2.75, 3.05) is 12.3 Å². The minimum Gasteiger partial charge on any atom is -0.396 e. The molecule has 0 radical (unpaired) electrons. The van der Waals surface area contributed by atoms with E-state index in [-0.39, 0.29) is 17.2 Å². The summed E-state index contributed by atoms with van der Waals surface area (Å²) in [6.45, 7) is 0.989. The van der Waals surface area contributed by atoms with E-state index < -0.39 is 5.82 Å². The van der Waals surface area contributed by atoms with Crippen LogP contribution < -0.4 is 11.1 Å². The van der Waals surface area contributed by atoms with Gasteiger partial charge in [0.25, 0.3) is 5.91 Å². The van der Waals surface area contributed by atoms with Gasteiger partial charge in [-0.3, -0.25) is 9.48 Å². The van der Waals surface area contributed by atoms with Crippen molar-refractivity contribution in [3.05, 3.63) is 48.0 Å². The summed E-state index contributed by atoms with van der Waals surface area (Å²) < 4.78 is 14.9. The van der Waals surface area contributed by atoms with Crippen LogP contribution in [-0.2, 0) is 6.54 Å². The quantitative estimate of drug-likeness (QED) is 0.794. The van der Waals surface area contributed by atoms with Crippen molar-refractivity contribution in [3.8, 4) is 0 Å². The minimum absolute atomic E-state index is 0.0306. The lowest BCUT2D eigenvalue weighted by Crippen LogP contribution is -2.27. The molecule has 3 N–H and O–H groups in total. The van der Waals surface area contributed by atoms with Gasteiger partial charge < -0.3 is 11.1 Å². The topological polar surface area (TPSA) is 72.9 Å². The van der Waals surface area contributed by atoms with Gasteiger partial charge in [0.2, 0.25) is 0 Å². The molecule has 0 aliphatic rings. The Balaban J connectivity index is 1.89. The van der Waals surface area contributed by atoms with Crippen molar-refractivity contribution in [1.29, 1.82) is 0 Å². The van der Waals surface area contributed by atoms with Crippen LogP contribution in [-0.4, -0.2) is 22.2 Å². The van der Waals surface area contributed by atoms with Crippen LogP contribution >= 0.6 is 0 Å². The Hall–Kier alpha value is -2.37. The van der Waals surface area contributed by atoms with Crippen LogP contribution in [0.5, 0.6) is 0 Å². The molecule has 0 fully saturated rings. The normalized spacial score (nSPS) is 10.3. The molecule has 94 valence electrons. The van der Waals surface area contributed by atoms with Crippen LogP contribution in [0.4, 0.5) is 10.1 Å². The third kappa shape index (κ3) is 2.85. The second-order valence-electron chi connectivity index (χ2n) is 3.76. The van der Waals surface area contributed by atoms with Gasteiger partial charge in [-0.25, -0.2) is 4.39 Å². The molecule has 1 aromatic carbocycles. The average Bonchev–Trinajstić information content (AvgIpc) is 2.85. The molecule has 0 bridgehead atoms. The zero-order valence-corrected chi connectivity index (χ0v) is 9.64. The maximum atomic E-state index is 13.2. The highest BCUT2D eigenvalue weighted by Gasteiger charge is 2.07. The van der Waals surface area contributed by atoms with Gasteiger partial charge >= 0.3 is 0 Å². The summed E-state index contributed by atoms with van der Waals surface area (Å²) in [6, 6.07) is 5.79. The Morgan fingerprint density at radius 3 is 3.00 bits per heavy atom. The molecule has 0 saturated carbocycles. The fraction of sp³-hybridized carbons (Fsp3) is 0.167. The highest BCUT2D eigenvalue weighted by molar-refractivity contribution is 5.94. The Morgan fingerprint density at radius 1 is 1.50 bits per heavy atom. The number of amides is 1. The van der Waals surface area contributed by atoms with E-state index in [2.05, 4.69) is 10.4 Å². The molecule has 18 heavy (non-hydrogen) atoms. The number of aromatic nitrogens is 2. The van der Waals surface area contributed by atoms with E-state index in [9.17, 15) is 9.18 Å². The van der Waals surface area contributed by atoms with Crippen LogP contribution in [0.1, 0.15) is 10.4 Å². The van der Waals surface area contributed by atoms with E-state index in [1.54, 1.807) is 23.1 Å². The van der Waals surface area contributed by atoms with Gasteiger partial charge in [0.1, 0.15) is 5.82 Å². The Morgan fingerprint density at radius 2 is 2.33 bits per heavy atom. The number of hydrogen-bond acceptors (Lipinski definition) is 3. The number of nitrogens with two attached hydrogens (primary N) is 1. The van der Waals surface area contributed by atoms with Crippen molar-refractivity contribution in [2.24, 2.45) is 0 Å². The molecule has 5 nitrogen and oxygen atoms in total. The number of carbonyl (C=O) groups is 1. The summed E-state index contributed by atoms with van der Waals surface area (Å²) in [7, 11) is 0. The van der Waals surface area contributed by atoms with E-state index in [4.69, 9.17) is 5.73 Å². The summed E-state index contributed by atoms with van der Waals surface area (Å²) in [6.07, 6.45) is 3.46. The third-order valence-electron chi connectivity index (χ3n) is 2.45. The number of nitrogens with zero attached hydrogens (tertiary/aromatic N) is 2. The van der Waals surface area contributed by atoms with E-state index in [1.807, 2.05) is 0 Å². The number of nitrogen functional groups attached to an aromatic ring is 1. The van der Waals surface area contributed by atoms with Gasteiger partial charge in [0.05, 0.1) is 12.2 Å². The highest BCUT2D eigenvalue weighted by atomic mass is 19.1. The van der Waals surface area contributed by atoms with E-state index in [0.717, 1.165) is 6.07 Å². The molecule has 1 heterocycles. The Kier molecular flexibility index (Phi) is 3.57. The molecule has 1 aromatic heterocycles. The predicted molar refractivity (Wildman–Crippen MR) is 65.4 cm³/mol. The number of benzene rings is 1. The highest BCUT2D eigenvalue weighted by Crippen LogP contribution is 2.11. The lowest BCUT2D eigenvalue weighted by atomic mass is 10.2. The van der Waals surface area contributed by atoms with Gasteiger partial charge in [-0.2, -0.15) is 5.10 Å². The van der Waals surface area contributed by atoms with Gasteiger partial charge in [0.15, 0.2) is 0 Å². The number of halogens is 1. The van der Waals surface area contributed by atoms with Crippen molar-refractivity contribution in [3.63, 3.8) is 0 Å². The van der Waals surface area contributed by atoms with E-state index >= 15 is 0 Å². The second-order valence-corrected chi connectivity index (χ2v) is 3.76. The Labute approximate surface area is 103 Å². The first kappa shape index (κ1) is 12.1. The predicted octanol–water partition coefficient (Wildman–Crippen LogP) is 1.03. The summed E-state index contributed by atoms with van der Waals surface area (Å²) >= 11 is 0. The standard InChI is InChI=1S/C12H13FN4O/c13-10-8-9(2-3-11(10)14)12(18)15-5-7-17-6-1-4-16-17/h1-4,6,8H,5,7,14H2,(H,15,18). The van der Waals surface area contributed by atoms with Crippen LogP contribution in [0.25, 0.3) is 0 Å². The average molecular weight is 248 g/mol. The van der Waals surface area contributed by atoms with Crippen LogP contribution in [0.2, 0.25) is 0 Å². The van der Waals surface area contributed by atoms with Crippen molar-refractivity contribution in [2.45, 2.75) is 6.54 Å². The number of rotatable bonds is 4. The van der Waals surface area contributed by atoms with Gasteiger partial charge in [0, 0.05) is 24.5 Å². The summed E-state index contributed by atoms with van der Waals surface area (Å²) in [5, 5.41) is 6.68. The molecule has 0 aliphatic carbocycles. The fourth-order valence-electron chi connectivity index (χ4n) is 1.49. The van der Waals surface area contributed by atoms with Crippen molar-refractivity contribution >= 4 is 11.6 Å². The smallest absolute Gasteiger partial charge is 0.251 e. The first-order valence-electron chi connectivity index (χ1n) is 5.47. The Bertz CT molecular complexity index is 539. The van der Waals surface area contributed by atoms with Crippen LogP contribution in [0.3, 0.4) is 0 Å². The molecule has 0 saturated heterocycles. The zero-order chi connectivity index (χ0) is 13.0. The molecular weight excluding hydrogens is 235 g/mol. The lowest BCUT2D eigenvalue weighted by Gasteiger charge is -2.06. The largest absolute Gasteiger partial charge is 0.396 e. The summed E-state index contributed by atoms with van der Waals surface area (Å²) in [4.78, 5) is 11.7. The molecule has 0 atom stereocenters. The number of carbonyl (C=O) groups excluding carboxylic acids is 1. The summed E-state index contributed by atoms with van der Waals surface area (Å²) in [5.74, 6) is -0.921. The molecule has 2 aromatic rings. The van der Waals surface area contributed by atoms with Gasteiger partial charge in [-0.1, -0.05) is 0 Å². The third-order valence-corrected chi connectivity index (χ3v) is 2.45. The minimum atomic E-state index is -0.588.